The van der Waals surface area contributed by atoms with E-state index in [2.05, 4.69) is 47.0 Å². The fourth-order valence-corrected chi connectivity index (χ4v) is 5.51. The predicted octanol–water partition coefficient (Wildman–Crippen LogP) is 5.61. The summed E-state index contributed by atoms with van der Waals surface area (Å²) >= 11 is 1.77. The summed E-state index contributed by atoms with van der Waals surface area (Å²) in [4.78, 5) is 19.8. The lowest BCUT2D eigenvalue weighted by Crippen LogP contribution is -2.33. The van der Waals surface area contributed by atoms with Crippen LogP contribution in [0, 0.1) is 5.92 Å². The smallest absolute Gasteiger partial charge is 0.229 e. The van der Waals surface area contributed by atoms with E-state index < -0.39 is 0 Å². The van der Waals surface area contributed by atoms with Crippen molar-refractivity contribution in [2.75, 3.05) is 18.5 Å². The van der Waals surface area contributed by atoms with E-state index in [0.717, 1.165) is 59.9 Å². The molecule has 3 aromatic rings. The van der Waals surface area contributed by atoms with Gasteiger partial charge in [-0.05, 0) is 56.0 Å². The second-order valence-corrected chi connectivity index (χ2v) is 9.66. The number of carbonyl (C=O) groups excluding carboxylic acids is 1. The summed E-state index contributed by atoms with van der Waals surface area (Å²) in [6.45, 7) is 1.61. The number of nitrogens with zero attached hydrogens (tertiary/aromatic N) is 3. The topological polar surface area (TPSA) is 64.2 Å². The Bertz CT molecular complexity index is 1030. The van der Waals surface area contributed by atoms with Crippen LogP contribution >= 0.6 is 11.8 Å². The molecule has 0 spiro atoms. The first kappa shape index (κ1) is 22.9. The van der Waals surface area contributed by atoms with Crippen molar-refractivity contribution in [3.05, 3.63) is 54.1 Å². The molecule has 170 valence electrons. The third kappa shape index (κ3) is 5.36. The van der Waals surface area contributed by atoms with E-state index in [4.69, 9.17) is 10.7 Å². The number of aromatic nitrogens is 2. The molecule has 1 aliphatic rings. The van der Waals surface area contributed by atoms with Gasteiger partial charge in [0.15, 0.2) is 5.16 Å². The molecular weight excluding hydrogens is 416 g/mol. The number of amides is 1. The maximum Gasteiger partial charge on any atom is 0.229 e. The molecule has 0 aliphatic heterocycles. The van der Waals surface area contributed by atoms with E-state index in [1.807, 2.05) is 18.0 Å². The van der Waals surface area contributed by atoms with E-state index in [1.54, 1.807) is 11.8 Å². The third-order valence-corrected chi connectivity index (χ3v) is 7.46. The summed E-state index contributed by atoms with van der Waals surface area (Å²) in [5.41, 5.74) is 10.0. The van der Waals surface area contributed by atoms with Gasteiger partial charge in [0.2, 0.25) is 5.91 Å². The Balaban J connectivity index is 1.57. The number of hydrogen-bond acceptors (Lipinski definition) is 4. The first-order valence-electron chi connectivity index (χ1n) is 11.8. The normalized spacial score (nSPS) is 14.7. The van der Waals surface area contributed by atoms with Gasteiger partial charge < -0.3 is 15.2 Å². The Kier molecular flexibility index (Phi) is 7.87. The highest BCUT2D eigenvalue weighted by atomic mass is 32.2. The standard InChI is InChI=1S/C26H34N4OS/c1-29(25(31)21-12-6-3-7-13-21)22-14-15-24-23(18-22)28-26(30(24)17-9-8-16-27)32-19-20-10-4-2-5-11-20/h2,4-5,10-11,14-15,18,21H,3,6-9,12-13,16-17,19,27H2,1H3. The summed E-state index contributed by atoms with van der Waals surface area (Å²) in [5.74, 6) is 1.29. The van der Waals surface area contributed by atoms with Gasteiger partial charge >= 0.3 is 0 Å². The maximum atomic E-state index is 13.0. The predicted molar refractivity (Wildman–Crippen MR) is 134 cm³/mol. The molecule has 1 heterocycles. The lowest BCUT2D eigenvalue weighted by atomic mass is 9.88. The van der Waals surface area contributed by atoms with Gasteiger partial charge in [0.25, 0.3) is 0 Å². The summed E-state index contributed by atoms with van der Waals surface area (Å²) in [6, 6.07) is 16.8. The van der Waals surface area contributed by atoms with Gasteiger partial charge in [-0.2, -0.15) is 0 Å². The van der Waals surface area contributed by atoms with Crippen LogP contribution in [-0.4, -0.2) is 29.1 Å². The van der Waals surface area contributed by atoms with E-state index in [0.29, 0.717) is 6.54 Å². The zero-order valence-electron chi connectivity index (χ0n) is 19.0. The van der Waals surface area contributed by atoms with Gasteiger partial charge in [-0.3, -0.25) is 4.79 Å². The summed E-state index contributed by atoms with van der Waals surface area (Å²) in [7, 11) is 1.90. The summed E-state index contributed by atoms with van der Waals surface area (Å²) in [6.07, 6.45) is 7.65. The van der Waals surface area contributed by atoms with Crippen LogP contribution in [0.1, 0.15) is 50.5 Å². The SMILES string of the molecule is CN(C(=O)C1CCCCC1)c1ccc2c(c1)nc(SCc1ccccc1)n2CCCCN. The first-order chi connectivity index (χ1) is 15.7. The lowest BCUT2D eigenvalue weighted by molar-refractivity contribution is -0.123. The molecule has 32 heavy (non-hydrogen) atoms. The number of nitrogens with two attached hydrogens (primary N) is 1. The number of unbranched alkanes of at least 4 members (excludes halogenated alkanes) is 1. The quantitative estimate of drug-likeness (QED) is 0.340. The number of anilines is 1. The molecule has 0 atom stereocenters. The molecule has 5 nitrogen and oxygen atoms in total. The molecule has 0 saturated heterocycles. The minimum atomic E-state index is 0.162. The number of benzene rings is 2. The van der Waals surface area contributed by atoms with Crippen molar-refractivity contribution < 1.29 is 4.79 Å². The van der Waals surface area contributed by atoms with Gasteiger partial charge in [-0.25, -0.2) is 4.98 Å². The molecule has 0 unspecified atom stereocenters. The van der Waals surface area contributed by atoms with Crippen molar-refractivity contribution in [1.82, 2.24) is 9.55 Å². The van der Waals surface area contributed by atoms with Crippen molar-refractivity contribution in [2.45, 2.75) is 62.4 Å². The minimum Gasteiger partial charge on any atom is -0.330 e. The average Bonchev–Trinajstić information content (AvgIpc) is 3.20. The van der Waals surface area contributed by atoms with Crippen LogP contribution in [0.25, 0.3) is 11.0 Å². The van der Waals surface area contributed by atoms with Crippen LogP contribution in [0.3, 0.4) is 0 Å². The highest BCUT2D eigenvalue weighted by Crippen LogP contribution is 2.31. The minimum absolute atomic E-state index is 0.162. The van der Waals surface area contributed by atoms with Crippen LogP contribution < -0.4 is 10.6 Å². The molecule has 6 heteroatoms. The zero-order chi connectivity index (χ0) is 22.3. The molecule has 1 amide bonds. The third-order valence-electron chi connectivity index (χ3n) is 6.42. The van der Waals surface area contributed by atoms with E-state index >= 15 is 0 Å². The largest absolute Gasteiger partial charge is 0.330 e. The zero-order valence-corrected chi connectivity index (χ0v) is 19.8. The number of aryl methyl sites for hydroxylation is 1. The van der Waals surface area contributed by atoms with Gasteiger partial charge in [0.05, 0.1) is 11.0 Å². The van der Waals surface area contributed by atoms with Crippen molar-refractivity contribution in [3.8, 4) is 0 Å². The van der Waals surface area contributed by atoms with Crippen LogP contribution in [-0.2, 0) is 17.1 Å². The fraction of sp³-hybridized carbons (Fsp3) is 0.462. The Labute approximate surface area is 195 Å². The Hall–Kier alpha value is -2.31. The number of fused-ring (bicyclic) bond motifs is 1. The molecule has 2 aromatic carbocycles. The monoisotopic (exact) mass is 450 g/mol. The van der Waals surface area contributed by atoms with Crippen molar-refractivity contribution >= 4 is 34.4 Å². The van der Waals surface area contributed by atoms with Crippen LogP contribution in [0.2, 0.25) is 0 Å². The molecule has 2 N–H and O–H groups in total. The van der Waals surface area contributed by atoms with Crippen molar-refractivity contribution in [2.24, 2.45) is 11.7 Å². The second kappa shape index (κ2) is 11.0. The highest BCUT2D eigenvalue weighted by molar-refractivity contribution is 7.98. The van der Waals surface area contributed by atoms with Crippen molar-refractivity contribution in [3.63, 3.8) is 0 Å². The molecule has 4 rings (SSSR count). The van der Waals surface area contributed by atoms with Crippen LogP contribution in [0.4, 0.5) is 5.69 Å². The lowest BCUT2D eigenvalue weighted by Gasteiger charge is -2.26. The number of imidazole rings is 1. The van der Waals surface area contributed by atoms with Gasteiger partial charge in [0.1, 0.15) is 0 Å². The second-order valence-electron chi connectivity index (χ2n) is 8.72. The Morgan fingerprint density at radius 1 is 1.12 bits per heavy atom. The van der Waals surface area contributed by atoms with Gasteiger partial charge in [-0.15, -0.1) is 0 Å². The van der Waals surface area contributed by atoms with Crippen LogP contribution in [0.15, 0.2) is 53.7 Å². The molecule has 0 radical (unpaired) electrons. The highest BCUT2D eigenvalue weighted by Gasteiger charge is 2.25. The molecule has 1 aromatic heterocycles. The average molecular weight is 451 g/mol. The maximum absolute atomic E-state index is 13.0. The molecule has 1 saturated carbocycles. The summed E-state index contributed by atoms with van der Waals surface area (Å²) in [5, 5.41) is 1.03. The number of hydrogen-bond donors (Lipinski definition) is 1. The Morgan fingerprint density at radius 3 is 2.66 bits per heavy atom. The first-order valence-corrected chi connectivity index (χ1v) is 12.8. The molecular formula is C26H34N4OS. The van der Waals surface area contributed by atoms with Gasteiger partial charge in [-0.1, -0.05) is 61.4 Å². The fourth-order valence-electron chi connectivity index (χ4n) is 4.52. The number of rotatable bonds is 9. The number of thioether (sulfide) groups is 1. The Morgan fingerprint density at radius 2 is 1.91 bits per heavy atom. The summed E-state index contributed by atoms with van der Waals surface area (Å²) < 4.78 is 2.31. The molecule has 1 aliphatic carbocycles. The van der Waals surface area contributed by atoms with E-state index in [9.17, 15) is 4.79 Å². The van der Waals surface area contributed by atoms with Crippen LogP contribution in [0.5, 0.6) is 0 Å². The van der Waals surface area contributed by atoms with Crippen molar-refractivity contribution in [1.29, 1.82) is 0 Å². The number of carbonyl (C=O) groups is 1. The van der Waals surface area contributed by atoms with Gasteiger partial charge in [0, 0.05) is 31.0 Å². The van der Waals surface area contributed by atoms with E-state index in [-0.39, 0.29) is 11.8 Å². The molecule has 0 bridgehead atoms. The molecule has 1 fully saturated rings. The van der Waals surface area contributed by atoms with E-state index in [1.165, 1.54) is 24.8 Å².